The van der Waals surface area contributed by atoms with Gasteiger partial charge in [-0.05, 0) is 45.6 Å². The zero-order chi connectivity index (χ0) is 19.0. The van der Waals surface area contributed by atoms with E-state index in [-0.39, 0.29) is 11.4 Å². The first-order valence-electron chi connectivity index (χ1n) is 10.3. The van der Waals surface area contributed by atoms with Crippen molar-refractivity contribution < 1.29 is 4.79 Å². The maximum absolute atomic E-state index is 11.9. The van der Waals surface area contributed by atoms with E-state index in [0.717, 1.165) is 63.6 Å². The highest BCUT2D eigenvalue weighted by atomic mass is 16.1. The first kappa shape index (κ1) is 18.5. The molecule has 27 heavy (non-hydrogen) atoms. The van der Waals surface area contributed by atoms with E-state index in [9.17, 15) is 4.79 Å². The number of hydrogen-bond donors (Lipinski definition) is 1. The van der Waals surface area contributed by atoms with Crippen LogP contribution in [0.1, 0.15) is 43.4 Å². The average molecular weight is 373 g/mol. The molecule has 1 amide bonds. The Morgan fingerprint density at radius 2 is 1.89 bits per heavy atom. The zero-order valence-corrected chi connectivity index (χ0v) is 16.9. The molecule has 0 radical (unpaired) electrons. The van der Waals surface area contributed by atoms with Crippen LogP contribution in [0.3, 0.4) is 0 Å². The van der Waals surface area contributed by atoms with Gasteiger partial charge in [-0.15, -0.1) is 0 Å². The smallest absolute Gasteiger partial charge is 0.227 e. The van der Waals surface area contributed by atoms with Crippen LogP contribution in [0.15, 0.2) is 0 Å². The van der Waals surface area contributed by atoms with Gasteiger partial charge in [0.1, 0.15) is 5.82 Å². The van der Waals surface area contributed by atoms with Crippen molar-refractivity contribution in [3.05, 3.63) is 11.3 Å². The summed E-state index contributed by atoms with van der Waals surface area (Å²) in [5.41, 5.74) is 2.64. The van der Waals surface area contributed by atoms with Crippen molar-refractivity contribution in [2.45, 2.75) is 50.5 Å². The summed E-state index contributed by atoms with van der Waals surface area (Å²) in [4.78, 5) is 28.7. The number of nitrogens with one attached hydrogen (secondary N) is 1. The molecule has 1 atom stereocenters. The molecule has 7 nitrogen and oxygen atoms in total. The third-order valence-corrected chi connectivity index (χ3v) is 6.58. The molecule has 2 saturated heterocycles. The number of nitrogens with zero attached hydrogens (tertiary/aromatic N) is 5. The number of amides is 1. The van der Waals surface area contributed by atoms with Crippen LogP contribution in [0.2, 0.25) is 0 Å². The largest absolute Gasteiger partial charge is 0.356 e. The molecule has 7 heteroatoms. The molecule has 2 aliphatic heterocycles. The fourth-order valence-electron chi connectivity index (χ4n) is 4.80. The summed E-state index contributed by atoms with van der Waals surface area (Å²) in [6.07, 6.45) is 7.11. The number of carbonyl (C=O) groups excluding carboxylic acids is 1. The lowest BCUT2D eigenvalue weighted by atomic mass is 9.85. The number of likely N-dealkylation sites (N-methyl/N-ethyl adjacent to an activating group) is 1. The van der Waals surface area contributed by atoms with Crippen molar-refractivity contribution in [2.75, 3.05) is 57.1 Å². The molecule has 4 rings (SSSR count). The van der Waals surface area contributed by atoms with Crippen LogP contribution < -0.4 is 15.1 Å². The van der Waals surface area contributed by atoms with Crippen molar-refractivity contribution in [1.29, 1.82) is 0 Å². The molecule has 0 saturated carbocycles. The molecule has 2 fully saturated rings. The van der Waals surface area contributed by atoms with Gasteiger partial charge in [-0.3, -0.25) is 9.69 Å². The van der Waals surface area contributed by atoms with Crippen molar-refractivity contribution in [2.24, 2.45) is 0 Å². The van der Waals surface area contributed by atoms with E-state index in [1.165, 1.54) is 24.1 Å². The van der Waals surface area contributed by atoms with Gasteiger partial charge in [0.05, 0.1) is 5.69 Å². The molecular weight excluding hydrogens is 340 g/mol. The molecule has 1 unspecified atom stereocenters. The monoisotopic (exact) mass is 372 g/mol. The fraction of sp³-hybridized carbons (Fsp3) is 0.750. The number of aromatic nitrogens is 2. The lowest BCUT2D eigenvalue weighted by molar-refractivity contribution is -0.120. The zero-order valence-electron chi connectivity index (χ0n) is 16.9. The van der Waals surface area contributed by atoms with E-state index in [1.807, 2.05) is 19.0 Å². The van der Waals surface area contributed by atoms with Gasteiger partial charge in [0, 0.05) is 57.8 Å². The van der Waals surface area contributed by atoms with Gasteiger partial charge in [-0.2, -0.15) is 4.98 Å². The van der Waals surface area contributed by atoms with Crippen LogP contribution in [0.5, 0.6) is 0 Å². The van der Waals surface area contributed by atoms with Crippen LogP contribution in [0.25, 0.3) is 0 Å². The van der Waals surface area contributed by atoms with Crippen LogP contribution in [0.4, 0.5) is 11.8 Å². The number of aryl methyl sites for hydroxylation is 1. The Morgan fingerprint density at radius 1 is 1.07 bits per heavy atom. The second kappa shape index (κ2) is 7.26. The Morgan fingerprint density at radius 3 is 2.70 bits per heavy atom. The third-order valence-electron chi connectivity index (χ3n) is 6.58. The van der Waals surface area contributed by atoms with Crippen molar-refractivity contribution in [3.8, 4) is 0 Å². The summed E-state index contributed by atoms with van der Waals surface area (Å²) in [6, 6.07) is 0. The van der Waals surface area contributed by atoms with Gasteiger partial charge in [-0.1, -0.05) is 0 Å². The topological polar surface area (TPSA) is 64.6 Å². The molecule has 0 bridgehead atoms. The molecule has 0 aromatic carbocycles. The maximum Gasteiger partial charge on any atom is 0.227 e. The summed E-state index contributed by atoms with van der Waals surface area (Å²) < 4.78 is 0. The third kappa shape index (κ3) is 3.49. The Bertz CT molecular complexity index is 721. The van der Waals surface area contributed by atoms with E-state index >= 15 is 0 Å². The molecular formula is C20H32N6O. The van der Waals surface area contributed by atoms with Crippen LogP contribution in [-0.4, -0.2) is 73.6 Å². The molecule has 1 aromatic rings. The molecule has 1 aliphatic carbocycles. The van der Waals surface area contributed by atoms with Gasteiger partial charge in [0.2, 0.25) is 11.9 Å². The average Bonchev–Trinajstić information content (AvgIpc) is 2.85. The Hall–Kier alpha value is -1.89. The van der Waals surface area contributed by atoms with E-state index in [4.69, 9.17) is 9.97 Å². The van der Waals surface area contributed by atoms with Crippen molar-refractivity contribution in [3.63, 3.8) is 0 Å². The number of rotatable bonds is 2. The predicted octanol–water partition coefficient (Wildman–Crippen LogP) is 1.21. The van der Waals surface area contributed by atoms with Crippen molar-refractivity contribution in [1.82, 2.24) is 20.2 Å². The van der Waals surface area contributed by atoms with Crippen LogP contribution >= 0.6 is 0 Å². The highest BCUT2D eigenvalue weighted by molar-refractivity contribution is 5.76. The maximum atomic E-state index is 11.9. The van der Waals surface area contributed by atoms with Gasteiger partial charge < -0.3 is 15.1 Å². The first-order chi connectivity index (χ1) is 13.0. The molecule has 3 aliphatic rings. The van der Waals surface area contributed by atoms with E-state index < -0.39 is 0 Å². The molecule has 3 heterocycles. The van der Waals surface area contributed by atoms with Gasteiger partial charge in [0.15, 0.2) is 0 Å². The number of fused-ring (bicyclic) bond motifs is 1. The van der Waals surface area contributed by atoms with Crippen LogP contribution in [0, 0.1) is 0 Å². The highest BCUT2D eigenvalue weighted by Crippen LogP contribution is 2.35. The highest BCUT2D eigenvalue weighted by Gasteiger charge is 2.42. The SMILES string of the molecule is CN(C)c1nc2c(c(N3CCN(C)C4(CCNC(=O)CC4)C3)n1)CCCC2. The predicted molar refractivity (Wildman–Crippen MR) is 107 cm³/mol. The normalized spacial score (nSPS) is 26.5. The number of carbonyl (C=O) groups is 1. The van der Waals surface area contributed by atoms with Gasteiger partial charge >= 0.3 is 0 Å². The second-order valence-corrected chi connectivity index (χ2v) is 8.54. The summed E-state index contributed by atoms with van der Waals surface area (Å²) >= 11 is 0. The number of hydrogen-bond acceptors (Lipinski definition) is 6. The molecule has 148 valence electrons. The van der Waals surface area contributed by atoms with Crippen LogP contribution in [-0.2, 0) is 17.6 Å². The van der Waals surface area contributed by atoms with E-state index in [0.29, 0.717) is 6.42 Å². The second-order valence-electron chi connectivity index (χ2n) is 8.54. The number of anilines is 2. The Balaban J connectivity index is 1.68. The van der Waals surface area contributed by atoms with Gasteiger partial charge in [-0.25, -0.2) is 4.98 Å². The minimum absolute atomic E-state index is 0.0438. The van der Waals surface area contributed by atoms with E-state index in [1.54, 1.807) is 0 Å². The lowest BCUT2D eigenvalue weighted by Gasteiger charge is -2.50. The minimum atomic E-state index is 0.0438. The summed E-state index contributed by atoms with van der Waals surface area (Å²) in [7, 11) is 6.25. The summed E-state index contributed by atoms with van der Waals surface area (Å²) in [6.45, 7) is 3.69. The standard InChI is InChI=1S/C20H32N6O/c1-24(2)19-22-16-7-5-4-6-15(16)18(23-19)26-13-12-25(3)20(14-26)9-8-17(27)21-11-10-20/h4-14H2,1-3H3,(H,21,27). The van der Waals surface area contributed by atoms with Crippen molar-refractivity contribution >= 4 is 17.7 Å². The summed E-state index contributed by atoms with van der Waals surface area (Å²) in [5, 5.41) is 3.05. The molecule has 1 N–H and O–H groups in total. The minimum Gasteiger partial charge on any atom is -0.356 e. The first-order valence-corrected chi connectivity index (χ1v) is 10.3. The Kier molecular flexibility index (Phi) is 4.97. The summed E-state index contributed by atoms with van der Waals surface area (Å²) in [5.74, 6) is 2.14. The molecule has 1 aromatic heterocycles. The Labute approximate surface area is 162 Å². The van der Waals surface area contributed by atoms with E-state index in [2.05, 4.69) is 22.2 Å². The van der Waals surface area contributed by atoms with Gasteiger partial charge in [0.25, 0.3) is 0 Å². The molecule has 1 spiro atoms. The fourth-order valence-corrected chi connectivity index (χ4v) is 4.80. The lowest BCUT2D eigenvalue weighted by Crippen LogP contribution is -2.61. The quantitative estimate of drug-likeness (QED) is 0.842. The number of piperazine rings is 1.